The molecule has 0 spiro atoms. The van der Waals surface area contributed by atoms with Gasteiger partial charge in [-0.3, -0.25) is 9.36 Å². The molecule has 1 aliphatic rings. The van der Waals surface area contributed by atoms with E-state index in [4.69, 9.17) is 11.6 Å². The van der Waals surface area contributed by atoms with Crippen LogP contribution in [0.2, 0.25) is 5.02 Å². The van der Waals surface area contributed by atoms with Gasteiger partial charge in [-0.25, -0.2) is 8.42 Å². The Bertz CT molecular complexity index is 1900. The van der Waals surface area contributed by atoms with E-state index in [2.05, 4.69) is 17.7 Å². The molecule has 0 atom stereocenters. The lowest BCUT2D eigenvalue weighted by Crippen LogP contribution is -2.37. The molecule has 0 fully saturated rings. The van der Waals surface area contributed by atoms with Gasteiger partial charge in [-0.2, -0.15) is 4.57 Å². The van der Waals surface area contributed by atoms with Crippen molar-refractivity contribution < 1.29 is 17.5 Å². The number of fused-ring (bicyclic) bond motifs is 1. The maximum absolute atomic E-state index is 13.3. The van der Waals surface area contributed by atoms with Crippen molar-refractivity contribution in [3.8, 4) is 0 Å². The van der Waals surface area contributed by atoms with E-state index in [0.717, 1.165) is 31.5 Å². The first-order chi connectivity index (χ1) is 19.5. The highest BCUT2D eigenvalue weighted by Crippen LogP contribution is 2.46. The topological polar surface area (TPSA) is 86.3 Å². The molecular weight excluding hydrogens is 598 g/mol. The van der Waals surface area contributed by atoms with E-state index in [9.17, 15) is 17.8 Å². The van der Waals surface area contributed by atoms with Gasteiger partial charge in [-0.15, -0.1) is 17.9 Å². The summed E-state index contributed by atoms with van der Waals surface area (Å²) in [6.45, 7) is 10.6. The zero-order valence-electron chi connectivity index (χ0n) is 22.5. The van der Waals surface area contributed by atoms with Crippen molar-refractivity contribution in [3.05, 3.63) is 128 Å². The number of nitrogens with zero attached hydrogens (tertiary/aromatic N) is 3. The van der Waals surface area contributed by atoms with Crippen LogP contribution in [0.4, 0.5) is 5.69 Å². The van der Waals surface area contributed by atoms with Crippen LogP contribution in [0.15, 0.2) is 107 Å². The molecule has 0 N–H and O–H groups in total. The highest BCUT2D eigenvalue weighted by Gasteiger charge is 2.25. The molecule has 0 radical (unpaired) electrons. The predicted molar refractivity (Wildman–Crippen MR) is 167 cm³/mol. The Morgan fingerprint density at radius 3 is 2.46 bits per heavy atom. The van der Waals surface area contributed by atoms with E-state index in [0.29, 0.717) is 22.6 Å². The van der Waals surface area contributed by atoms with Crippen molar-refractivity contribution in [1.29, 1.82) is 0 Å². The van der Waals surface area contributed by atoms with Crippen LogP contribution in [0, 0.1) is 6.92 Å². The van der Waals surface area contributed by atoms with Gasteiger partial charge in [-0.05, 0) is 49.4 Å². The summed E-state index contributed by atoms with van der Waals surface area (Å²) in [6.07, 6.45) is 7.67. The minimum Gasteiger partial charge on any atom is -0.744 e. The van der Waals surface area contributed by atoms with Gasteiger partial charge < -0.3 is 9.45 Å². The Morgan fingerprint density at radius 2 is 1.80 bits per heavy atom. The van der Waals surface area contributed by atoms with E-state index in [1.165, 1.54) is 23.5 Å². The fourth-order valence-corrected chi connectivity index (χ4v) is 7.07. The van der Waals surface area contributed by atoms with Crippen LogP contribution >= 0.6 is 34.7 Å². The maximum atomic E-state index is 13.3. The van der Waals surface area contributed by atoms with Gasteiger partial charge in [-0.1, -0.05) is 53.7 Å². The van der Waals surface area contributed by atoms with Crippen molar-refractivity contribution in [2.45, 2.75) is 29.8 Å². The normalized spacial score (nSPS) is 14.3. The van der Waals surface area contributed by atoms with Crippen LogP contribution in [-0.4, -0.2) is 24.6 Å². The first-order valence-electron chi connectivity index (χ1n) is 12.4. The second kappa shape index (κ2) is 13.1. The average Bonchev–Trinajstić information content (AvgIpc) is 3.41. The zero-order chi connectivity index (χ0) is 29.7. The smallest absolute Gasteiger partial charge is 0.272 e. The summed E-state index contributed by atoms with van der Waals surface area (Å²) in [7, 11) is -2.30. The summed E-state index contributed by atoms with van der Waals surface area (Å²) in [5, 5.41) is 1.61. The molecule has 41 heavy (non-hydrogen) atoms. The lowest BCUT2D eigenvalue weighted by molar-refractivity contribution is -0.688. The number of halogens is 1. The van der Waals surface area contributed by atoms with Crippen LogP contribution < -0.4 is 24.2 Å². The molecule has 0 amide bonds. The molecular formula is C30H28ClN3O4S3. The Kier molecular flexibility index (Phi) is 9.72. The molecule has 0 saturated carbocycles. The fourth-order valence-electron chi connectivity index (χ4n) is 4.05. The van der Waals surface area contributed by atoms with Gasteiger partial charge in [0.15, 0.2) is 12.7 Å². The fraction of sp³-hybridized carbons (Fsp3) is 0.133. The van der Waals surface area contributed by atoms with E-state index in [-0.39, 0.29) is 10.5 Å². The van der Waals surface area contributed by atoms with Gasteiger partial charge in [0.2, 0.25) is 5.69 Å². The van der Waals surface area contributed by atoms with E-state index >= 15 is 0 Å². The SMILES string of the molecule is C=CCn1c(=Cc2cccc[n+]2CC=C)sc(=C2Sc3ccc(Cl)cc3N2C)c1=O.Cc1ccc(S(=O)(=O)[O-])cc1. The molecule has 0 unspecified atom stereocenters. The quantitative estimate of drug-likeness (QED) is 0.181. The second-order valence-corrected chi connectivity index (χ2v) is 12.9. The first kappa shape index (κ1) is 30.5. The van der Waals surface area contributed by atoms with E-state index in [1.807, 2.05) is 73.6 Å². The lowest BCUT2D eigenvalue weighted by Gasteiger charge is -2.12. The monoisotopic (exact) mass is 625 g/mol. The first-order valence-corrected chi connectivity index (χ1v) is 15.8. The largest absolute Gasteiger partial charge is 0.744 e. The molecule has 1 aliphatic heterocycles. The van der Waals surface area contributed by atoms with Gasteiger partial charge in [0.05, 0.1) is 10.6 Å². The van der Waals surface area contributed by atoms with Gasteiger partial charge in [0, 0.05) is 41.7 Å². The van der Waals surface area contributed by atoms with Crippen molar-refractivity contribution >= 4 is 61.6 Å². The van der Waals surface area contributed by atoms with Crippen molar-refractivity contribution in [2.24, 2.45) is 0 Å². The third-order valence-electron chi connectivity index (χ3n) is 6.09. The molecule has 4 aromatic rings. The molecule has 212 valence electrons. The summed E-state index contributed by atoms with van der Waals surface area (Å²) in [6, 6.07) is 17.6. The minimum atomic E-state index is -4.27. The zero-order valence-corrected chi connectivity index (χ0v) is 25.7. The van der Waals surface area contributed by atoms with Crippen LogP contribution in [0.25, 0.3) is 11.1 Å². The number of hydrogen-bond donors (Lipinski definition) is 0. The van der Waals surface area contributed by atoms with Gasteiger partial charge in [0.1, 0.15) is 24.3 Å². The molecule has 7 nitrogen and oxygen atoms in total. The number of aryl methyl sites for hydroxylation is 1. The number of rotatable bonds is 6. The molecule has 3 heterocycles. The van der Waals surface area contributed by atoms with Crippen molar-refractivity contribution in [2.75, 3.05) is 11.9 Å². The number of anilines is 1. The summed E-state index contributed by atoms with van der Waals surface area (Å²) in [5.74, 6) is 0. The van der Waals surface area contributed by atoms with E-state index in [1.54, 1.807) is 34.5 Å². The van der Waals surface area contributed by atoms with Gasteiger partial charge >= 0.3 is 0 Å². The van der Waals surface area contributed by atoms with Crippen LogP contribution in [-0.2, 0) is 23.2 Å². The predicted octanol–water partition coefficient (Wildman–Crippen LogP) is 4.26. The Morgan fingerprint density at radius 1 is 1.07 bits per heavy atom. The molecule has 2 aromatic heterocycles. The maximum Gasteiger partial charge on any atom is 0.272 e. The highest BCUT2D eigenvalue weighted by molar-refractivity contribution is 8.08. The third kappa shape index (κ3) is 7.09. The van der Waals surface area contributed by atoms with Crippen LogP contribution in [0.1, 0.15) is 11.3 Å². The second-order valence-electron chi connectivity index (χ2n) is 9.03. The molecule has 11 heteroatoms. The molecule has 0 bridgehead atoms. The number of thiazole rings is 1. The summed E-state index contributed by atoms with van der Waals surface area (Å²) in [4.78, 5) is 16.3. The molecule has 0 aliphatic carbocycles. The minimum absolute atomic E-state index is 0.00870. The third-order valence-corrected chi connectivity index (χ3v) is 9.66. The van der Waals surface area contributed by atoms with Crippen LogP contribution in [0.5, 0.6) is 0 Å². The van der Waals surface area contributed by atoms with Crippen LogP contribution in [0.3, 0.4) is 0 Å². The number of aromatic nitrogens is 2. The number of hydrogen-bond acceptors (Lipinski definition) is 7. The number of benzene rings is 2. The average molecular weight is 626 g/mol. The lowest BCUT2D eigenvalue weighted by atomic mass is 10.2. The van der Waals surface area contributed by atoms with Crippen molar-refractivity contribution in [3.63, 3.8) is 0 Å². The standard InChI is InChI=1S/C23H21ClN3OS2.C7H8O3S/c1-4-11-26-13-7-6-8-17(26)15-20-27(12-5-2)22(28)21(30-20)23-25(3)18-14-16(24)9-10-19(18)29-23;1-6-2-4-7(5-3-6)11(8,9)10/h4-10,13-15H,1-2,11-12H2,3H3;2-5H,1H3,(H,8,9,10)/q+1;/p-1. The highest BCUT2D eigenvalue weighted by atomic mass is 35.5. The number of pyridine rings is 1. The summed E-state index contributed by atoms with van der Waals surface area (Å²) in [5.41, 5.74) is 2.95. The van der Waals surface area contributed by atoms with E-state index < -0.39 is 10.1 Å². The Labute approximate surface area is 252 Å². The number of allylic oxidation sites excluding steroid dienone is 2. The summed E-state index contributed by atoms with van der Waals surface area (Å²) < 4.78 is 36.6. The van der Waals surface area contributed by atoms with Crippen molar-refractivity contribution in [1.82, 2.24) is 4.57 Å². The van der Waals surface area contributed by atoms with Gasteiger partial charge in [0.25, 0.3) is 5.56 Å². The molecule has 5 rings (SSSR count). The molecule has 0 saturated heterocycles. The Balaban J connectivity index is 0.000000296. The summed E-state index contributed by atoms with van der Waals surface area (Å²) >= 11 is 9.28. The molecule has 2 aromatic carbocycles. The number of thioether (sulfide) groups is 1. The Hall–Kier alpha value is -3.41.